The molecule has 3 saturated carbocycles. The number of allylic oxidation sites excluding steroid dienone is 4. The molecule has 7 heteroatoms. The fourth-order valence-electron chi connectivity index (χ4n) is 12.2. The van der Waals surface area contributed by atoms with Crippen LogP contribution in [0.1, 0.15) is 74.7 Å². The quantitative estimate of drug-likeness (QED) is 0.138. The Morgan fingerprint density at radius 3 is 2.22 bits per heavy atom. The van der Waals surface area contributed by atoms with Crippen molar-refractivity contribution < 1.29 is 29.3 Å². The van der Waals surface area contributed by atoms with Crippen molar-refractivity contribution in [2.75, 3.05) is 13.7 Å². The summed E-state index contributed by atoms with van der Waals surface area (Å²) in [7, 11) is 1.62. The number of Topliss-reactive ketones (excluding diaryl/α,β-unsaturated/α-hetero) is 1. The number of nitrogens with zero attached hydrogens (tertiary/aromatic N) is 1. The molecule has 6 aliphatic rings. The average molecular weight is 738 g/mol. The molecule has 2 N–H and O–H groups in total. The molecule has 0 radical (unpaired) electrons. The first-order chi connectivity index (χ1) is 26.4. The Morgan fingerprint density at radius 2 is 1.45 bits per heavy atom. The largest absolute Gasteiger partial charge is 0.497 e. The van der Waals surface area contributed by atoms with Gasteiger partial charge in [0.05, 0.1) is 25.4 Å². The van der Waals surface area contributed by atoms with Gasteiger partial charge in [0.2, 0.25) is 0 Å². The van der Waals surface area contributed by atoms with Gasteiger partial charge in [-0.05, 0) is 115 Å². The predicted molar refractivity (Wildman–Crippen MR) is 213 cm³/mol. The monoisotopic (exact) mass is 737 g/mol. The lowest BCUT2D eigenvalue weighted by Crippen LogP contribution is -2.67. The topological polar surface area (TPSA) is 96.3 Å². The number of ketones is 1. The summed E-state index contributed by atoms with van der Waals surface area (Å²) in [5.41, 5.74) is -0.672. The van der Waals surface area contributed by atoms with Crippen LogP contribution in [0.25, 0.3) is 10.8 Å². The van der Waals surface area contributed by atoms with Gasteiger partial charge in [-0.2, -0.15) is 0 Å². The van der Waals surface area contributed by atoms with Crippen molar-refractivity contribution in [1.29, 1.82) is 0 Å². The lowest BCUT2D eigenvalue weighted by molar-refractivity contribution is -0.175. The van der Waals surface area contributed by atoms with Crippen LogP contribution in [0, 0.1) is 33.5 Å². The summed E-state index contributed by atoms with van der Waals surface area (Å²) < 4.78 is 11.5. The van der Waals surface area contributed by atoms with Crippen LogP contribution in [0.15, 0.2) is 121 Å². The molecule has 1 unspecified atom stereocenters. The third kappa shape index (κ3) is 5.37. The fourth-order valence-corrected chi connectivity index (χ4v) is 12.2. The summed E-state index contributed by atoms with van der Waals surface area (Å²) in [4.78, 5) is 30.9. The van der Waals surface area contributed by atoms with Gasteiger partial charge in [-0.15, -0.1) is 0 Å². The minimum Gasteiger partial charge on any atom is -0.497 e. The van der Waals surface area contributed by atoms with E-state index in [1.54, 1.807) is 12.0 Å². The highest BCUT2D eigenvalue weighted by atomic mass is 16.6. The Hall–Kier alpha value is -4.72. The first-order valence-electron chi connectivity index (χ1n) is 20.0. The van der Waals surface area contributed by atoms with Gasteiger partial charge in [-0.25, -0.2) is 4.79 Å². The van der Waals surface area contributed by atoms with Crippen molar-refractivity contribution in [1.82, 2.24) is 4.90 Å². The number of aliphatic hydroxyl groups excluding tert-OH is 1. The molecule has 1 amide bonds. The fraction of sp³-hybridized carbons (Fsp3) is 0.417. The predicted octanol–water partition coefficient (Wildman–Crippen LogP) is 9.32. The maximum Gasteiger partial charge on any atom is 0.415 e. The molecule has 4 aromatic rings. The van der Waals surface area contributed by atoms with Crippen molar-refractivity contribution in [3.63, 3.8) is 0 Å². The van der Waals surface area contributed by atoms with Gasteiger partial charge < -0.3 is 24.6 Å². The molecule has 10 rings (SSSR count). The van der Waals surface area contributed by atoms with E-state index in [0.717, 1.165) is 47.6 Å². The van der Waals surface area contributed by atoms with E-state index in [2.05, 4.69) is 32.1 Å². The molecule has 6 aliphatic carbocycles. The normalized spacial score (nSPS) is 34.3. The molecular weight excluding hydrogens is 687 g/mol. The van der Waals surface area contributed by atoms with E-state index in [-0.39, 0.29) is 36.1 Å². The summed E-state index contributed by atoms with van der Waals surface area (Å²) in [5.74, 6) is 1.27. The van der Waals surface area contributed by atoms with Gasteiger partial charge in [0, 0.05) is 33.9 Å². The van der Waals surface area contributed by atoms with Crippen LogP contribution in [-0.2, 0) is 6.54 Å². The molecule has 0 saturated heterocycles. The number of hydrogen-bond donors (Lipinski definition) is 2. The van der Waals surface area contributed by atoms with Crippen molar-refractivity contribution >= 4 is 22.6 Å². The van der Waals surface area contributed by atoms with Crippen LogP contribution in [0.3, 0.4) is 0 Å². The minimum atomic E-state index is -1.24. The molecule has 0 heterocycles. The van der Waals surface area contributed by atoms with E-state index >= 15 is 0 Å². The van der Waals surface area contributed by atoms with E-state index in [4.69, 9.17) is 9.47 Å². The third-order valence-electron chi connectivity index (χ3n) is 15.2. The Kier molecular flexibility index (Phi) is 8.45. The second kappa shape index (κ2) is 12.9. The van der Waals surface area contributed by atoms with Crippen LogP contribution >= 0.6 is 0 Å². The average Bonchev–Trinajstić information content (AvgIpc) is 3.47. The zero-order valence-corrected chi connectivity index (χ0v) is 32.0. The van der Waals surface area contributed by atoms with Gasteiger partial charge >= 0.3 is 6.09 Å². The second-order valence-corrected chi connectivity index (χ2v) is 17.6. The first kappa shape index (κ1) is 35.9. The molecular formula is C48H51NO6. The summed E-state index contributed by atoms with van der Waals surface area (Å²) in [5, 5.41) is 26.3. The number of amides is 1. The number of benzene rings is 4. The molecule has 0 aromatic heterocycles. The SMILES string of the molecule is COc1ccc(C(=O)C2=C[C@@]34C=C[C@@]25[C@@H]2CC[C@@](O)(CN(Cc6ccccc6)C(=O)Oc6ccc7ccccc7c6)[C@@]2(C)CC[C@@H]5[C@@]3(C)CCC(O)C4)cc1. The van der Waals surface area contributed by atoms with E-state index in [1.807, 2.05) is 97.1 Å². The van der Waals surface area contributed by atoms with Gasteiger partial charge in [-0.1, -0.05) is 92.7 Å². The number of rotatable bonds is 8. The second-order valence-electron chi connectivity index (χ2n) is 17.6. The highest BCUT2D eigenvalue weighted by Gasteiger charge is 2.74. The zero-order chi connectivity index (χ0) is 38.2. The number of hydrogen-bond acceptors (Lipinski definition) is 6. The maximum absolute atomic E-state index is 14.9. The van der Waals surface area contributed by atoms with Crippen molar-refractivity contribution in [2.24, 2.45) is 33.5 Å². The highest BCUT2D eigenvalue weighted by molar-refractivity contribution is 6.10. The Bertz CT molecular complexity index is 2210. The molecule has 2 spiro atoms. The van der Waals surface area contributed by atoms with Crippen molar-refractivity contribution in [2.45, 2.75) is 77.0 Å². The summed E-state index contributed by atoms with van der Waals surface area (Å²) in [6.45, 7) is 4.98. The Balaban J connectivity index is 1.09. The van der Waals surface area contributed by atoms with E-state index in [0.29, 0.717) is 36.3 Å². The number of methoxy groups -OCH3 is 1. The first-order valence-corrected chi connectivity index (χ1v) is 20.0. The minimum absolute atomic E-state index is 0.00264. The smallest absolute Gasteiger partial charge is 0.415 e. The van der Waals surface area contributed by atoms with Crippen molar-refractivity contribution in [3.8, 4) is 11.5 Å². The van der Waals surface area contributed by atoms with Crippen molar-refractivity contribution in [3.05, 3.63) is 132 Å². The van der Waals surface area contributed by atoms with Crippen LogP contribution in [-0.4, -0.2) is 52.3 Å². The van der Waals surface area contributed by atoms with Gasteiger partial charge in [0.15, 0.2) is 5.78 Å². The van der Waals surface area contributed by atoms with Gasteiger partial charge in [0.1, 0.15) is 11.5 Å². The molecule has 55 heavy (non-hydrogen) atoms. The molecule has 284 valence electrons. The van der Waals surface area contributed by atoms with Gasteiger partial charge in [-0.3, -0.25) is 4.79 Å². The molecule has 2 bridgehead atoms. The number of fused-ring (bicyclic) bond motifs is 2. The maximum atomic E-state index is 14.9. The molecule has 8 atom stereocenters. The van der Waals surface area contributed by atoms with Crippen LogP contribution in [0.4, 0.5) is 4.79 Å². The van der Waals surface area contributed by atoms with Crippen LogP contribution in [0.5, 0.6) is 11.5 Å². The molecule has 7 nitrogen and oxygen atoms in total. The summed E-state index contributed by atoms with van der Waals surface area (Å²) in [6.07, 6.45) is 11.0. The third-order valence-corrected chi connectivity index (χ3v) is 15.2. The standard InChI is InChI=1S/C48H51NO6/c1-44-22-19-36(50)28-46(44)25-26-48(39(29-46)42(51)34-14-16-37(54-3)17-15-34)40(44)20-23-45(2)41(48)21-24-47(45,53)31-49(30-32-9-5-4-6-10-32)43(52)55-38-18-13-33-11-7-8-12-35(33)27-38/h4-18,25-27,29,36,40-41,50,53H,19-24,28,30-31H2,1-3H3/t36?,40-,41-,44-,45+,46+,47-,48-/m1/s1. The Labute approximate surface area is 323 Å². The van der Waals surface area contributed by atoms with E-state index in [1.165, 1.54) is 0 Å². The molecule has 3 fully saturated rings. The number of aliphatic hydroxyl groups is 2. The molecule has 4 aromatic carbocycles. The number of carbonyl (C=O) groups excluding carboxylic acids is 2. The number of ether oxygens (including phenoxy) is 2. The number of carbonyl (C=O) groups is 2. The highest BCUT2D eigenvalue weighted by Crippen LogP contribution is 2.78. The van der Waals surface area contributed by atoms with Crippen LogP contribution < -0.4 is 9.47 Å². The summed E-state index contributed by atoms with van der Waals surface area (Å²) in [6, 6.07) is 30.9. The van der Waals surface area contributed by atoms with Crippen LogP contribution in [0.2, 0.25) is 0 Å². The zero-order valence-electron chi connectivity index (χ0n) is 32.0. The lowest BCUT2D eigenvalue weighted by atomic mass is 9.32. The van der Waals surface area contributed by atoms with Gasteiger partial charge in [0.25, 0.3) is 0 Å². The molecule has 0 aliphatic heterocycles. The Morgan fingerprint density at radius 1 is 0.782 bits per heavy atom. The lowest BCUT2D eigenvalue weighted by Gasteiger charge is -2.71. The summed E-state index contributed by atoms with van der Waals surface area (Å²) >= 11 is 0. The van der Waals surface area contributed by atoms with E-state index in [9.17, 15) is 19.8 Å². The van der Waals surface area contributed by atoms with E-state index < -0.39 is 34.0 Å².